The zero-order valence-corrected chi connectivity index (χ0v) is 13.3. The first kappa shape index (κ1) is 15.7. The van der Waals surface area contributed by atoms with Gasteiger partial charge in [0.25, 0.3) is 0 Å². The number of carbonyl (C=O) groups excluding carboxylic acids is 1. The van der Waals surface area contributed by atoms with Crippen LogP contribution in [0, 0.1) is 5.41 Å². The molecule has 20 heavy (non-hydrogen) atoms. The summed E-state index contributed by atoms with van der Waals surface area (Å²) >= 11 is 5.12. The molecule has 1 amide bonds. The van der Waals surface area contributed by atoms with Gasteiger partial charge in [0, 0.05) is 26.2 Å². The van der Waals surface area contributed by atoms with Gasteiger partial charge in [-0.3, -0.25) is 4.79 Å². The number of thiocarbonyl (C=S) groups is 1. The summed E-state index contributed by atoms with van der Waals surface area (Å²) in [6.45, 7) is 1.52. The van der Waals surface area contributed by atoms with Crippen molar-refractivity contribution in [3.8, 4) is 0 Å². The predicted octanol–water partition coefficient (Wildman–Crippen LogP) is -0.0633. The second kappa shape index (κ2) is 5.57. The van der Waals surface area contributed by atoms with Gasteiger partial charge in [0.15, 0.2) is 0 Å². The number of hydrogen-bond acceptors (Lipinski definition) is 4. The molecule has 1 heterocycles. The lowest BCUT2D eigenvalue weighted by Gasteiger charge is -2.38. The van der Waals surface area contributed by atoms with Gasteiger partial charge in [-0.1, -0.05) is 25.1 Å². The number of nitrogens with zero attached hydrogens (tertiary/aromatic N) is 2. The molecule has 0 aromatic heterocycles. The summed E-state index contributed by atoms with van der Waals surface area (Å²) in [5.41, 5.74) is 5.12. The lowest BCUT2D eigenvalue weighted by Crippen LogP contribution is -2.56. The molecule has 0 atom stereocenters. The lowest BCUT2D eigenvalue weighted by molar-refractivity contribution is -0.139. The van der Waals surface area contributed by atoms with Crippen LogP contribution in [0.3, 0.4) is 0 Å². The normalized spacial score (nSPS) is 23.8. The monoisotopic (exact) mass is 319 g/mol. The van der Waals surface area contributed by atoms with Gasteiger partial charge < -0.3 is 10.6 Å². The minimum Gasteiger partial charge on any atom is -0.392 e. The number of rotatable bonds is 3. The van der Waals surface area contributed by atoms with E-state index in [-0.39, 0.29) is 10.9 Å². The molecule has 2 fully saturated rings. The van der Waals surface area contributed by atoms with Crippen LogP contribution in [0.4, 0.5) is 0 Å². The fourth-order valence-electron chi connectivity index (χ4n) is 3.07. The van der Waals surface area contributed by atoms with Crippen LogP contribution >= 0.6 is 12.2 Å². The van der Waals surface area contributed by atoms with Crippen molar-refractivity contribution in [3.05, 3.63) is 0 Å². The number of amides is 1. The van der Waals surface area contributed by atoms with Gasteiger partial charge in [0.05, 0.1) is 16.7 Å². The highest BCUT2D eigenvalue weighted by Gasteiger charge is 2.46. The Hall–Kier alpha value is -0.730. The Bertz CT molecular complexity index is 504. The first-order chi connectivity index (χ1) is 9.27. The van der Waals surface area contributed by atoms with E-state index in [1.807, 2.05) is 0 Å². The Morgan fingerprint density at radius 2 is 1.65 bits per heavy atom. The molecule has 2 N–H and O–H groups in total. The van der Waals surface area contributed by atoms with Crippen LogP contribution < -0.4 is 5.73 Å². The smallest absolute Gasteiger partial charge is 0.235 e. The molecule has 1 saturated heterocycles. The van der Waals surface area contributed by atoms with Crippen LogP contribution in [-0.4, -0.2) is 61.0 Å². The number of nitrogens with two attached hydrogens (primary N) is 1. The maximum Gasteiger partial charge on any atom is 0.235 e. The molecule has 0 unspecified atom stereocenters. The summed E-state index contributed by atoms with van der Waals surface area (Å²) in [5.74, 6) is -0.0179. The van der Waals surface area contributed by atoms with Crippen LogP contribution in [0.5, 0.6) is 0 Å². The molecule has 0 aromatic carbocycles. The van der Waals surface area contributed by atoms with Gasteiger partial charge in [0.1, 0.15) is 0 Å². The van der Waals surface area contributed by atoms with Crippen LogP contribution in [0.25, 0.3) is 0 Å². The minimum absolute atomic E-state index is 0.0179. The van der Waals surface area contributed by atoms with Gasteiger partial charge in [-0.2, -0.15) is 4.31 Å². The zero-order valence-electron chi connectivity index (χ0n) is 11.7. The van der Waals surface area contributed by atoms with E-state index in [0.717, 1.165) is 12.8 Å². The third kappa shape index (κ3) is 2.82. The molecular formula is C12H21N3O3S2. The van der Waals surface area contributed by atoms with E-state index in [2.05, 4.69) is 0 Å². The SMILES string of the molecule is CS(=O)(=O)N1CCN(C(=O)C2(C(N)=S)CCCC2)CC1. The summed E-state index contributed by atoms with van der Waals surface area (Å²) < 4.78 is 24.3. The molecule has 2 aliphatic rings. The Kier molecular flexibility index (Phi) is 4.36. The Labute approximate surface area is 125 Å². The van der Waals surface area contributed by atoms with Gasteiger partial charge >= 0.3 is 0 Å². The second-order valence-electron chi connectivity index (χ2n) is 5.61. The molecule has 8 heteroatoms. The van der Waals surface area contributed by atoms with E-state index >= 15 is 0 Å². The molecule has 2 rings (SSSR count). The standard InChI is InChI=1S/C12H21N3O3S2/c1-20(17,18)15-8-6-14(7-9-15)11(16)12(10(13)19)4-2-3-5-12/h2-9H2,1H3,(H2,13,19). The molecule has 1 aliphatic carbocycles. The number of carbonyl (C=O) groups is 1. The second-order valence-corrected chi connectivity index (χ2v) is 8.03. The van der Waals surface area contributed by atoms with Crippen molar-refractivity contribution >= 4 is 33.1 Å². The minimum atomic E-state index is -3.18. The van der Waals surface area contributed by atoms with Gasteiger partial charge in [0.2, 0.25) is 15.9 Å². The largest absolute Gasteiger partial charge is 0.392 e. The van der Waals surface area contributed by atoms with Crippen molar-refractivity contribution in [1.29, 1.82) is 0 Å². The summed E-state index contributed by atoms with van der Waals surface area (Å²) in [4.78, 5) is 14.7. The molecule has 0 radical (unpaired) electrons. The Balaban J connectivity index is 2.07. The van der Waals surface area contributed by atoms with Crippen molar-refractivity contribution < 1.29 is 13.2 Å². The maximum atomic E-state index is 12.7. The Morgan fingerprint density at radius 3 is 2.05 bits per heavy atom. The molecule has 0 spiro atoms. The van der Waals surface area contributed by atoms with Crippen LogP contribution in [0.15, 0.2) is 0 Å². The average Bonchev–Trinajstić information content (AvgIpc) is 2.87. The van der Waals surface area contributed by atoms with Crippen LogP contribution in [0.1, 0.15) is 25.7 Å². The third-order valence-corrected chi connectivity index (χ3v) is 6.03. The van der Waals surface area contributed by atoms with Crippen LogP contribution in [-0.2, 0) is 14.8 Å². The van der Waals surface area contributed by atoms with Crippen molar-refractivity contribution in [2.24, 2.45) is 11.1 Å². The number of sulfonamides is 1. The van der Waals surface area contributed by atoms with Gasteiger partial charge in [-0.15, -0.1) is 0 Å². The van der Waals surface area contributed by atoms with E-state index < -0.39 is 15.4 Å². The van der Waals surface area contributed by atoms with E-state index in [9.17, 15) is 13.2 Å². The summed E-state index contributed by atoms with van der Waals surface area (Å²) in [7, 11) is -3.18. The average molecular weight is 319 g/mol. The van der Waals surface area contributed by atoms with Crippen molar-refractivity contribution in [3.63, 3.8) is 0 Å². The highest BCUT2D eigenvalue weighted by atomic mass is 32.2. The number of piperazine rings is 1. The van der Waals surface area contributed by atoms with E-state index in [4.69, 9.17) is 18.0 Å². The van der Waals surface area contributed by atoms with Crippen molar-refractivity contribution in [2.45, 2.75) is 25.7 Å². The highest BCUT2D eigenvalue weighted by molar-refractivity contribution is 7.88. The lowest BCUT2D eigenvalue weighted by atomic mass is 9.84. The quantitative estimate of drug-likeness (QED) is 0.737. The molecule has 114 valence electrons. The van der Waals surface area contributed by atoms with Gasteiger partial charge in [-0.25, -0.2) is 8.42 Å². The van der Waals surface area contributed by atoms with Crippen LogP contribution in [0.2, 0.25) is 0 Å². The molecule has 1 aliphatic heterocycles. The third-order valence-electron chi connectivity index (χ3n) is 4.33. The Morgan fingerprint density at radius 1 is 1.15 bits per heavy atom. The molecule has 0 aromatic rings. The van der Waals surface area contributed by atoms with Gasteiger partial charge in [-0.05, 0) is 12.8 Å². The molecule has 6 nitrogen and oxygen atoms in total. The zero-order chi connectivity index (χ0) is 15.0. The fraction of sp³-hybridized carbons (Fsp3) is 0.833. The van der Waals surface area contributed by atoms with E-state index in [0.29, 0.717) is 39.0 Å². The van der Waals surface area contributed by atoms with E-state index in [1.54, 1.807) is 4.90 Å². The first-order valence-corrected chi connectivity index (χ1v) is 9.07. The summed E-state index contributed by atoms with van der Waals surface area (Å²) in [5, 5.41) is 0. The fourth-order valence-corrected chi connectivity index (χ4v) is 4.19. The maximum absolute atomic E-state index is 12.7. The summed E-state index contributed by atoms with van der Waals surface area (Å²) in [6, 6.07) is 0. The predicted molar refractivity (Wildman–Crippen MR) is 80.7 cm³/mol. The van der Waals surface area contributed by atoms with Crippen molar-refractivity contribution in [2.75, 3.05) is 32.4 Å². The van der Waals surface area contributed by atoms with Crippen molar-refractivity contribution in [1.82, 2.24) is 9.21 Å². The van der Waals surface area contributed by atoms with E-state index in [1.165, 1.54) is 10.6 Å². The summed E-state index contributed by atoms with van der Waals surface area (Å²) in [6.07, 6.45) is 4.55. The highest BCUT2D eigenvalue weighted by Crippen LogP contribution is 2.40. The number of hydrogen-bond donors (Lipinski definition) is 1. The topological polar surface area (TPSA) is 83.7 Å². The first-order valence-electron chi connectivity index (χ1n) is 6.82. The molecule has 1 saturated carbocycles. The molecular weight excluding hydrogens is 298 g/mol. The molecule has 0 bridgehead atoms.